The van der Waals surface area contributed by atoms with Crippen LogP contribution < -0.4 is 5.73 Å². The number of hydrogen-bond acceptors (Lipinski definition) is 2. The van der Waals surface area contributed by atoms with E-state index in [0.29, 0.717) is 0 Å². The van der Waals surface area contributed by atoms with Crippen LogP contribution in [0, 0.1) is 13.8 Å². The van der Waals surface area contributed by atoms with Crippen molar-refractivity contribution in [3.05, 3.63) is 29.1 Å². The van der Waals surface area contributed by atoms with Crippen molar-refractivity contribution in [2.24, 2.45) is 5.73 Å². The van der Waals surface area contributed by atoms with E-state index in [-0.39, 0.29) is 5.54 Å². The second kappa shape index (κ2) is 4.09. The van der Waals surface area contributed by atoms with Crippen LogP contribution in [-0.2, 0) is 6.42 Å². The van der Waals surface area contributed by atoms with Crippen molar-refractivity contribution in [2.45, 2.75) is 46.1 Å². The van der Waals surface area contributed by atoms with Gasteiger partial charge < -0.3 is 5.73 Å². The maximum Gasteiger partial charge on any atom is 0.0433 e. The van der Waals surface area contributed by atoms with Gasteiger partial charge in [0.1, 0.15) is 0 Å². The van der Waals surface area contributed by atoms with E-state index in [1.807, 2.05) is 6.20 Å². The Morgan fingerprint density at radius 2 is 2.00 bits per heavy atom. The van der Waals surface area contributed by atoms with Gasteiger partial charge in [-0.25, -0.2) is 0 Å². The van der Waals surface area contributed by atoms with Crippen LogP contribution in [0.15, 0.2) is 12.3 Å². The van der Waals surface area contributed by atoms with Crippen LogP contribution in [0.5, 0.6) is 0 Å². The molecule has 0 radical (unpaired) electrons. The summed E-state index contributed by atoms with van der Waals surface area (Å²) in [7, 11) is 0. The average molecular weight is 192 g/mol. The van der Waals surface area contributed by atoms with E-state index in [4.69, 9.17) is 5.73 Å². The fraction of sp³-hybridized carbons (Fsp3) is 0.583. The normalized spacial score (nSPS) is 11.8. The summed E-state index contributed by atoms with van der Waals surface area (Å²) < 4.78 is 0. The fourth-order valence-electron chi connectivity index (χ4n) is 1.45. The first-order valence-electron chi connectivity index (χ1n) is 5.09. The molecule has 14 heavy (non-hydrogen) atoms. The number of hydrogen-bond donors (Lipinski definition) is 1. The lowest BCUT2D eigenvalue weighted by atomic mass is 9.97. The van der Waals surface area contributed by atoms with Crippen LogP contribution in [0.1, 0.15) is 37.1 Å². The highest BCUT2D eigenvalue weighted by molar-refractivity contribution is 5.23. The minimum absolute atomic E-state index is 0.0982. The molecule has 2 N–H and O–H groups in total. The van der Waals surface area contributed by atoms with Crippen LogP contribution in [0.25, 0.3) is 0 Å². The third-order valence-corrected chi connectivity index (χ3v) is 2.33. The lowest BCUT2D eigenvalue weighted by Crippen LogP contribution is -2.32. The number of pyridine rings is 1. The minimum atomic E-state index is -0.0982. The number of nitrogens with two attached hydrogens (primary N) is 1. The Bertz CT molecular complexity index is 311. The zero-order valence-electron chi connectivity index (χ0n) is 9.59. The van der Waals surface area contributed by atoms with Crippen molar-refractivity contribution in [3.63, 3.8) is 0 Å². The first kappa shape index (κ1) is 11.2. The van der Waals surface area contributed by atoms with Gasteiger partial charge in [-0.05, 0) is 51.7 Å². The summed E-state index contributed by atoms with van der Waals surface area (Å²) in [6.45, 7) is 8.28. The second-order valence-electron chi connectivity index (χ2n) is 4.76. The highest BCUT2D eigenvalue weighted by Gasteiger charge is 2.11. The summed E-state index contributed by atoms with van der Waals surface area (Å²) in [5.41, 5.74) is 9.51. The van der Waals surface area contributed by atoms with Crippen molar-refractivity contribution in [1.82, 2.24) is 4.98 Å². The van der Waals surface area contributed by atoms with E-state index >= 15 is 0 Å². The number of aryl methyl sites for hydroxylation is 3. The Balaban J connectivity index is 2.68. The molecule has 0 bridgehead atoms. The van der Waals surface area contributed by atoms with Crippen LogP contribution in [0.2, 0.25) is 0 Å². The van der Waals surface area contributed by atoms with Gasteiger partial charge in [0.05, 0.1) is 0 Å². The Morgan fingerprint density at radius 1 is 1.36 bits per heavy atom. The van der Waals surface area contributed by atoms with Crippen LogP contribution in [0.4, 0.5) is 0 Å². The molecule has 0 aliphatic rings. The maximum atomic E-state index is 5.94. The van der Waals surface area contributed by atoms with Crippen LogP contribution >= 0.6 is 0 Å². The lowest BCUT2D eigenvalue weighted by molar-refractivity contribution is 0.473. The zero-order chi connectivity index (χ0) is 10.8. The van der Waals surface area contributed by atoms with Gasteiger partial charge in [-0.1, -0.05) is 6.07 Å². The molecule has 0 amide bonds. The molecular formula is C12H20N2. The van der Waals surface area contributed by atoms with Crippen molar-refractivity contribution in [1.29, 1.82) is 0 Å². The van der Waals surface area contributed by atoms with Crippen molar-refractivity contribution < 1.29 is 0 Å². The molecule has 1 aromatic heterocycles. The van der Waals surface area contributed by atoms with E-state index in [1.54, 1.807) is 0 Å². The van der Waals surface area contributed by atoms with Gasteiger partial charge in [-0.2, -0.15) is 0 Å². The molecule has 0 atom stereocenters. The van der Waals surface area contributed by atoms with E-state index in [2.05, 4.69) is 38.7 Å². The molecule has 0 fully saturated rings. The Kier molecular flexibility index (Phi) is 3.27. The minimum Gasteiger partial charge on any atom is -0.326 e. The molecule has 78 valence electrons. The van der Waals surface area contributed by atoms with Crippen molar-refractivity contribution in [2.75, 3.05) is 0 Å². The third-order valence-electron chi connectivity index (χ3n) is 2.33. The summed E-state index contributed by atoms with van der Waals surface area (Å²) in [4.78, 5) is 4.43. The molecule has 0 aliphatic heterocycles. The Labute approximate surface area is 86.5 Å². The fourth-order valence-corrected chi connectivity index (χ4v) is 1.45. The molecule has 0 saturated carbocycles. The summed E-state index contributed by atoms with van der Waals surface area (Å²) in [6.07, 6.45) is 3.87. The first-order chi connectivity index (χ1) is 6.38. The molecule has 1 rings (SSSR count). The SMILES string of the molecule is Cc1cnc(CCC(C)(C)N)c(C)c1. The quantitative estimate of drug-likeness (QED) is 0.798. The Morgan fingerprint density at radius 3 is 2.50 bits per heavy atom. The summed E-state index contributed by atoms with van der Waals surface area (Å²) >= 11 is 0. The molecule has 2 heteroatoms. The number of rotatable bonds is 3. The van der Waals surface area contributed by atoms with Crippen molar-refractivity contribution >= 4 is 0 Å². The van der Waals surface area contributed by atoms with E-state index in [1.165, 1.54) is 16.8 Å². The zero-order valence-corrected chi connectivity index (χ0v) is 9.59. The second-order valence-corrected chi connectivity index (χ2v) is 4.76. The third kappa shape index (κ3) is 3.46. The standard InChI is InChI=1S/C12H20N2/c1-9-7-10(2)11(14-8-9)5-6-12(3,4)13/h7-8H,5-6,13H2,1-4H3. The molecule has 0 aromatic carbocycles. The largest absolute Gasteiger partial charge is 0.326 e. The predicted octanol–water partition coefficient (Wildman–Crippen LogP) is 2.37. The molecule has 0 spiro atoms. The lowest BCUT2D eigenvalue weighted by Gasteiger charge is -2.18. The van der Waals surface area contributed by atoms with Gasteiger partial charge in [-0.15, -0.1) is 0 Å². The van der Waals surface area contributed by atoms with Gasteiger partial charge >= 0.3 is 0 Å². The van der Waals surface area contributed by atoms with E-state index in [0.717, 1.165) is 12.8 Å². The van der Waals surface area contributed by atoms with Gasteiger partial charge in [0.25, 0.3) is 0 Å². The molecule has 0 aliphatic carbocycles. The number of nitrogens with zero attached hydrogens (tertiary/aromatic N) is 1. The van der Waals surface area contributed by atoms with Crippen LogP contribution in [-0.4, -0.2) is 10.5 Å². The monoisotopic (exact) mass is 192 g/mol. The predicted molar refractivity (Wildman–Crippen MR) is 60.3 cm³/mol. The highest BCUT2D eigenvalue weighted by Crippen LogP contribution is 2.13. The van der Waals surface area contributed by atoms with Gasteiger partial charge in [-0.3, -0.25) is 4.98 Å². The van der Waals surface area contributed by atoms with Gasteiger partial charge in [0.15, 0.2) is 0 Å². The molecule has 1 aromatic rings. The van der Waals surface area contributed by atoms with Gasteiger partial charge in [0, 0.05) is 17.4 Å². The van der Waals surface area contributed by atoms with Crippen LogP contribution in [0.3, 0.4) is 0 Å². The Hall–Kier alpha value is -0.890. The molecule has 1 heterocycles. The summed E-state index contributed by atoms with van der Waals surface area (Å²) in [5, 5.41) is 0. The first-order valence-corrected chi connectivity index (χ1v) is 5.09. The molecule has 0 unspecified atom stereocenters. The van der Waals surface area contributed by atoms with E-state index < -0.39 is 0 Å². The average Bonchev–Trinajstić information content (AvgIpc) is 2.00. The number of aromatic nitrogens is 1. The van der Waals surface area contributed by atoms with E-state index in [9.17, 15) is 0 Å². The molecule has 2 nitrogen and oxygen atoms in total. The highest BCUT2D eigenvalue weighted by atomic mass is 14.7. The molecule has 0 saturated heterocycles. The van der Waals surface area contributed by atoms with Gasteiger partial charge in [0.2, 0.25) is 0 Å². The maximum absolute atomic E-state index is 5.94. The van der Waals surface area contributed by atoms with Crippen molar-refractivity contribution in [3.8, 4) is 0 Å². The summed E-state index contributed by atoms with van der Waals surface area (Å²) in [6, 6.07) is 2.17. The molecular weight excluding hydrogens is 172 g/mol. The topological polar surface area (TPSA) is 38.9 Å². The summed E-state index contributed by atoms with van der Waals surface area (Å²) in [5.74, 6) is 0. The smallest absolute Gasteiger partial charge is 0.0433 e.